The minimum Gasteiger partial charge on any atom is -0.369 e. The van der Waals surface area contributed by atoms with Gasteiger partial charge >= 0.3 is 0 Å². The average molecular weight is 447 g/mol. The smallest absolute Gasteiger partial charge is 0.248 e. The van der Waals surface area contributed by atoms with Crippen molar-refractivity contribution in [2.45, 2.75) is 58.1 Å². The van der Waals surface area contributed by atoms with Crippen molar-refractivity contribution in [2.24, 2.45) is 23.2 Å². The first-order chi connectivity index (χ1) is 16.2. The molecule has 4 aliphatic carbocycles. The van der Waals surface area contributed by atoms with Crippen LogP contribution in [0.3, 0.4) is 0 Å². The van der Waals surface area contributed by atoms with Crippen LogP contribution in [0, 0.1) is 23.2 Å². The first-order valence-corrected chi connectivity index (χ1v) is 12.6. The molecular weight excluding hydrogens is 412 g/mol. The Hall–Kier alpha value is -2.47. The van der Waals surface area contributed by atoms with Gasteiger partial charge in [0.2, 0.25) is 5.91 Å². The number of aromatic nitrogens is 2. The first-order valence-electron chi connectivity index (χ1n) is 12.6. The van der Waals surface area contributed by atoms with Crippen molar-refractivity contribution >= 4 is 11.7 Å². The Balaban J connectivity index is 1.06. The molecule has 2 heterocycles. The summed E-state index contributed by atoms with van der Waals surface area (Å²) in [6.45, 7) is 2.83. The van der Waals surface area contributed by atoms with E-state index in [4.69, 9.17) is 4.74 Å². The maximum absolute atomic E-state index is 12.7. The van der Waals surface area contributed by atoms with Crippen LogP contribution >= 0.6 is 0 Å². The number of nitrogens with one attached hydrogen (secondary N) is 1. The molecule has 174 valence electrons. The van der Waals surface area contributed by atoms with Crippen molar-refractivity contribution in [3.63, 3.8) is 0 Å². The lowest BCUT2D eigenvalue weighted by molar-refractivity contribution is -0.137. The van der Waals surface area contributed by atoms with Crippen LogP contribution in [0.25, 0.3) is 0 Å². The number of carbonyl (C=O) groups excluding carboxylic acids is 1. The van der Waals surface area contributed by atoms with Crippen LogP contribution in [0.4, 0.5) is 5.82 Å². The Labute approximate surface area is 196 Å². The van der Waals surface area contributed by atoms with Gasteiger partial charge in [0.15, 0.2) is 0 Å². The van der Waals surface area contributed by atoms with Crippen molar-refractivity contribution in [1.82, 2.24) is 14.9 Å². The van der Waals surface area contributed by atoms with Crippen LogP contribution in [0.15, 0.2) is 36.7 Å². The molecule has 2 aromatic rings. The number of amides is 1. The lowest BCUT2D eigenvalue weighted by Gasteiger charge is -2.57. The zero-order valence-corrected chi connectivity index (χ0v) is 19.3. The van der Waals surface area contributed by atoms with Crippen LogP contribution in [-0.4, -0.2) is 40.5 Å². The molecule has 1 aromatic carbocycles. The Morgan fingerprint density at radius 1 is 1.06 bits per heavy atom. The maximum atomic E-state index is 12.7. The molecule has 7 rings (SSSR count). The average Bonchev–Trinajstić information content (AvgIpc) is 2.82. The van der Waals surface area contributed by atoms with E-state index in [0.717, 1.165) is 47.8 Å². The maximum Gasteiger partial charge on any atom is 0.248 e. The largest absolute Gasteiger partial charge is 0.369 e. The molecule has 0 radical (unpaired) electrons. The number of benzene rings is 1. The zero-order valence-electron chi connectivity index (χ0n) is 19.3. The van der Waals surface area contributed by atoms with E-state index in [1.54, 1.807) is 6.33 Å². The molecule has 0 atom stereocenters. The molecule has 33 heavy (non-hydrogen) atoms. The summed E-state index contributed by atoms with van der Waals surface area (Å²) in [5, 5.41) is 3.75. The molecule has 0 unspecified atom stereocenters. The monoisotopic (exact) mass is 446 g/mol. The Morgan fingerprint density at radius 2 is 1.79 bits per heavy atom. The highest BCUT2D eigenvalue weighted by Crippen LogP contribution is 2.59. The van der Waals surface area contributed by atoms with Gasteiger partial charge in [0, 0.05) is 18.7 Å². The molecular formula is C27H34N4O2. The highest BCUT2D eigenvalue weighted by atomic mass is 16.5. The van der Waals surface area contributed by atoms with E-state index in [9.17, 15) is 4.79 Å². The molecule has 0 saturated heterocycles. The summed E-state index contributed by atoms with van der Waals surface area (Å²) in [7, 11) is 0. The molecule has 4 fully saturated rings. The van der Waals surface area contributed by atoms with Gasteiger partial charge < -0.3 is 15.0 Å². The van der Waals surface area contributed by atoms with Crippen LogP contribution in [0.1, 0.15) is 55.3 Å². The van der Waals surface area contributed by atoms with E-state index in [-0.39, 0.29) is 12.5 Å². The van der Waals surface area contributed by atoms with Gasteiger partial charge in [0.25, 0.3) is 0 Å². The van der Waals surface area contributed by atoms with Gasteiger partial charge in [0.1, 0.15) is 18.8 Å². The van der Waals surface area contributed by atoms with Crippen molar-refractivity contribution in [1.29, 1.82) is 0 Å². The minimum absolute atomic E-state index is 0.0262. The third-order valence-corrected chi connectivity index (χ3v) is 8.49. The van der Waals surface area contributed by atoms with E-state index in [0.29, 0.717) is 25.1 Å². The SMILES string of the molecule is O=C(COCc1ccccc1)N1CCc2c(ncnc2NCC23CC4CC(CC(C4)C2)C3)C1. The summed E-state index contributed by atoms with van der Waals surface area (Å²) in [5.74, 6) is 3.89. The van der Waals surface area contributed by atoms with E-state index in [2.05, 4.69) is 15.3 Å². The number of hydrogen-bond acceptors (Lipinski definition) is 5. The summed E-state index contributed by atoms with van der Waals surface area (Å²) < 4.78 is 5.67. The fourth-order valence-electron chi connectivity index (χ4n) is 7.42. The van der Waals surface area contributed by atoms with E-state index < -0.39 is 0 Å². The quantitative estimate of drug-likeness (QED) is 0.690. The fourth-order valence-corrected chi connectivity index (χ4v) is 7.42. The third-order valence-electron chi connectivity index (χ3n) is 8.49. The van der Waals surface area contributed by atoms with E-state index >= 15 is 0 Å². The second kappa shape index (κ2) is 8.71. The highest BCUT2D eigenvalue weighted by Gasteiger charge is 2.50. The molecule has 1 N–H and O–H groups in total. The highest BCUT2D eigenvalue weighted by molar-refractivity contribution is 5.77. The van der Waals surface area contributed by atoms with Gasteiger partial charge in [-0.2, -0.15) is 0 Å². The topological polar surface area (TPSA) is 67.3 Å². The number of fused-ring (bicyclic) bond motifs is 1. The van der Waals surface area contributed by atoms with Crippen molar-refractivity contribution in [3.8, 4) is 0 Å². The minimum atomic E-state index is 0.0262. The van der Waals surface area contributed by atoms with Crippen molar-refractivity contribution < 1.29 is 9.53 Å². The third kappa shape index (κ3) is 4.37. The summed E-state index contributed by atoms with van der Waals surface area (Å²) >= 11 is 0. The van der Waals surface area contributed by atoms with Crippen LogP contribution in [0.2, 0.25) is 0 Å². The van der Waals surface area contributed by atoms with Gasteiger partial charge in [0.05, 0.1) is 18.8 Å². The predicted octanol–water partition coefficient (Wildman–Crippen LogP) is 4.21. The molecule has 1 amide bonds. The number of ether oxygens (including phenoxy) is 1. The van der Waals surface area contributed by atoms with Crippen LogP contribution in [0.5, 0.6) is 0 Å². The summed E-state index contributed by atoms with van der Waals surface area (Å²) in [5.41, 5.74) is 3.72. The van der Waals surface area contributed by atoms with Crippen LogP contribution < -0.4 is 5.32 Å². The van der Waals surface area contributed by atoms with Crippen molar-refractivity contribution in [2.75, 3.05) is 25.0 Å². The molecule has 1 aromatic heterocycles. The van der Waals surface area contributed by atoms with Crippen molar-refractivity contribution in [3.05, 3.63) is 53.5 Å². The molecule has 6 nitrogen and oxygen atoms in total. The Bertz CT molecular complexity index is 973. The molecule has 1 aliphatic heterocycles. The first kappa shape index (κ1) is 21.1. The van der Waals surface area contributed by atoms with Gasteiger partial charge in [-0.1, -0.05) is 30.3 Å². The number of rotatable bonds is 7. The lowest BCUT2D eigenvalue weighted by atomic mass is 9.49. The molecule has 5 aliphatic rings. The van der Waals surface area contributed by atoms with Gasteiger partial charge in [-0.3, -0.25) is 4.79 Å². The summed E-state index contributed by atoms with van der Waals surface area (Å²) in [4.78, 5) is 23.7. The van der Waals surface area contributed by atoms with E-state index in [1.165, 1.54) is 44.1 Å². The van der Waals surface area contributed by atoms with Gasteiger partial charge in [-0.25, -0.2) is 9.97 Å². The number of carbonyl (C=O) groups is 1. The number of nitrogens with zero attached hydrogens (tertiary/aromatic N) is 3. The molecule has 6 heteroatoms. The van der Waals surface area contributed by atoms with Gasteiger partial charge in [-0.05, 0) is 73.7 Å². The number of anilines is 1. The molecule has 0 spiro atoms. The van der Waals surface area contributed by atoms with Crippen LogP contribution in [-0.2, 0) is 29.1 Å². The molecule has 4 saturated carbocycles. The summed E-state index contributed by atoms with van der Waals surface area (Å²) in [6.07, 6.45) is 11.0. The Kier molecular flexibility index (Phi) is 5.57. The standard InChI is InChI=1S/C27H34N4O2/c32-25(16-33-15-19-4-2-1-3-5-19)31-7-6-23-24(14-31)29-18-30-26(23)28-17-27-11-20-8-21(12-27)10-22(9-20)13-27/h1-5,18,20-22H,6-17H2,(H,28,29,30). The lowest BCUT2D eigenvalue weighted by Crippen LogP contribution is -2.49. The van der Waals surface area contributed by atoms with Gasteiger partial charge in [-0.15, -0.1) is 0 Å². The second-order valence-corrected chi connectivity index (χ2v) is 11.0. The number of hydrogen-bond donors (Lipinski definition) is 1. The van der Waals surface area contributed by atoms with E-state index in [1.807, 2.05) is 35.2 Å². The normalized spacial score (nSPS) is 29.7. The Morgan fingerprint density at radius 3 is 2.52 bits per heavy atom. The molecule has 4 bridgehead atoms. The predicted molar refractivity (Wildman–Crippen MR) is 126 cm³/mol. The second-order valence-electron chi connectivity index (χ2n) is 11.0. The summed E-state index contributed by atoms with van der Waals surface area (Å²) in [6, 6.07) is 9.97. The fraction of sp³-hybridized carbons (Fsp3) is 0.593. The zero-order chi connectivity index (χ0) is 22.3.